The predicted octanol–water partition coefficient (Wildman–Crippen LogP) is 3.25. The van der Waals surface area contributed by atoms with Crippen molar-refractivity contribution in [2.75, 3.05) is 11.4 Å². The lowest BCUT2D eigenvalue weighted by atomic mass is 10.1. The minimum Gasteiger partial charge on any atom is -0.339 e. The first-order valence-electron chi connectivity index (χ1n) is 8.00. The topological polar surface area (TPSA) is 59.2 Å². The molecular weight excluding hydrogens is 278 g/mol. The van der Waals surface area contributed by atoms with Gasteiger partial charge in [-0.1, -0.05) is 36.2 Å². The molecule has 2 fully saturated rings. The number of carbonyl (C=O) groups excluding carboxylic acids is 1. The van der Waals surface area contributed by atoms with E-state index in [0.717, 1.165) is 24.4 Å². The lowest BCUT2D eigenvalue weighted by molar-refractivity contribution is -0.117. The van der Waals surface area contributed by atoms with Gasteiger partial charge in [-0.3, -0.25) is 4.79 Å². The van der Waals surface area contributed by atoms with Crippen LogP contribution in [-0.4, -0.2) is 22.6 Å². The maximum Gasteiger partial charge on any atom is 0.229 e. The third-order valence-corrected chi connectivity index (χ3v) is 4.72. The molecule has 5 heteroatoms. The van der Waals surface area contributed by atoms with E-state index < -0.39 is 0 Å². The van der Waals surface area contributed by atoms with Gasteiger partial charge in [-0.2, -0.15) is 4.98 Å². The van der Waals surface area contributed by atoms with Gasteiger partial charge >= 0.3 is 0 Å². The Bertz CT molecular complexity index is 662. The molecule has 1 saturated carbocycles. The van der Waals surface area contributed by atoms with Crippen LogP contribution in [0.3, 0.4) is 0 Å². The Labute approximate surface area is 129 Å². The van der Waals surface area contributed by atoms with Crippen LogP contribution in [-0.2, 0) is 4.79 Å². The predicted molar refractivity (Wildman–Crippen MR) is 81.7 cm³/mol. The highest BCUT2D eigenvalue weighted by Gasteiger charge is 2.35. The third-order valence-electron chi connectivity index (χ3n) is 4.72. The molecule has 0 N–H and O–H groups in total. The van der Waals surface area contributed by atoms with E-state index in [1.54, 1.807) is 0 Å². The molecule has 2 heterocycles. The summed E-state index contributed by atoms with van der Waals surface area (Å²) in [4.78, 5) is 18.7. The lowest BCUT2D eigenvalue weighted by Crippen LogP contribution is -2.24. The van der Waals surface area contributed by atoms with Crippen molar-refractivity contribution >= 4 is 11.6 Å². The first-order chi connectivity index (χ1) is 10.8. The summed E-state index contributed by atoms with van der Waals surface area (Å²) in [5.74, 6) is 2.03. The molecule has 0 spiro atoms. The summed E-state index contributed by atoms with van der Waals surface area (Å²) in [6, 6.07) is 9.76. The fraction of sp³-hybridized carbons (Fsp3) is 0.471. The highest BCUT2D eigenvalue weighted by molar-refractivity contribution is 5.96. The molecule has 1 saturated heterocycles. The van der Waals surface area contributed by atoms with E-state index in [1.807, 2.05) is 35.2 Å². The van der Waals surface area contributed by atoms with Crippen molar-refractivity contribution in [3.05, 3.63) is 42.0 Å². The second-order valence-corrected chi connectivity index (χ2v) is 6.21. The summed E-state index contributed by atoms with van der Waals surface area (Å²) in [5.41, 5.74) is 0.939. The van der Waals surface area contributed by atoms with Crippen LogP contribution >= 0.6 is 0 Å². The van der Waals surface area contributed by atoms with Crippen molar-refractivity contribution in [3.8, 4) is 0 Å². The fourth-order valence-electron chi connectivity index (χ4n) is 3.49. The Kier molecular flexibility index (Phi) is 3.41. The van der Waals surface area contributed by atoms with Gasteiger partial charge in [0.15, 0.2) is 5.82 Å². The fourth-order valence-corrected chi connectivity index (χ4v) is 3.49. The molecule has 1 atom stereocenters. The summed E-state index contributed by atoms with van der Waals surface area (Å²) < 4.78 is 5.45. The number of benzene rings is 1. The first-order valence-corrected chi connectivity index (χ1v) is 8.00. The molecule has 2 aromatic rings. The van der Waals surface area contributed by atoms with Crippen molar-refractivity contribution in [1.82, 2.24) is 10.1 Å². The van der Waals surface area contributed by atoms with Crippen LogP contribution in [0.4, 0.5) is 5.69 Å². The Morgan fingerprint density at radius 1 is 1.09 bits per heavy atom. The highest BCUT2D eigenvalue weighted by Crippen LogP contribution is 2.35. The van der Waals surface area contributed by atoms with Crippen molar-refractivity contribution in [3.63, 3.8) is 0 Å². The average Bonchev–Trinajstić information content (AvgIpc) is 3.28. The Balaban J connectivity index is 1.51. The highest BCUT2D eigenvalue weighted by atomic mass is 16.5. The van der Waals surface area contributed by atoms with Crippen LogP contribution in [0.15, 0.2) is 34.9 Å². The van der Waals surface area contributed by atoms with Gasteiger partial charge in [0.2, 0.25) is 11.8 Å². The van der Waals surface area contributed by atoms with E-state index in [-0.39, 0.29) is 11.8 Å². The second-order valence-electron chi connectivity index (χ2n) is 6.21. The van der Waals surface area contributed by atoms with Crippen LogP contribution in [0, 0.1) is 0 Å². The van der Waals surface area contributed by atoms with E-state index in [4.69, 9.17) is 4.52 Å². The van der Waals surface area contributed by atoms with E-state index in [9.17, 15) is 4.79 Å². The number of hydrogen-bond acceptors (Lipinski definition) is 4. The monoisotopic (exact) mass is 297 g/mol. The number of rotatable bonds is 3. The lowest BCUT2D eigenvalue weighted by Gasteiger charge is -2.15. The number of hydrogen-bond donors (Lipinski definition) is 0. The van der Waals surface area contributed by atoms with Crippen LogP contribution < -0.4 is 4.90 Å². The molecule has 5 nitrogen and oxygen atoms in total. The van der Waals surface area contributed by atoms with Gasteiger partial charge in [-0.25, -0.2) is 0 Å². The SMILES string of the molecule is O=C1CC(c2noc(C3CCCC3)n2)CN1c1ccccc1. The molecule has 0 bridgehead atoms. The van der Waals surface area contributed by atoms with Crippen molar-refractivity contribution < 1.29 is 9.32 Å². The van der Waals surface area contributed by atoms with Crippen LogP contribution in [0.2, 0.25) is 0 Å². The first kappa shape index (κ1) is 13.5. The van der Waals surface area contributed by atoms with Gasteiger partial charge in [0.25, 0.3) is 0 Å². The van der Waals surface area contributed by atoms with Crippen molar-refractivity contribution in [2.24, 2.45) is 0 Å². The van der Waals surface area contributed by atoms with Gasteiger partial charge in [0, 0.05) is 30.5 Å². The number of para-hydroxylation sites is 1. The average molecular weight is 297 g/mol. The number of nitrogens with zero attached hydrogens (tertiary/aromatic N) is 3. The molecule has 0 radical (unpaired) electrons. The summed E-state index contributed by atoms with van der Waals surface area (Å²) in [7, 11) is 0. The largest absolute Gasteiger partial charge is 0.339 e. The maximum absolute atomic E-state index is 12.3. The van der Waals surface area contributed by atoms with Crippen LogP contribution in [0.1, 0.15) is 55.7 Å². The Morgan fingerprint density at radius 2 is 1.86 bits per heavy atom. The molecular formula is C17H19N3O2. The standard InChI is InChI=1S/C17H19N3O2/c21-15-10-13(11-20(15)14-8-2-1-3-9-14)16-18-17(22-19-16)12-6-4-5-7-12/h1-3,8-9,12-13H,4-7,10-11H2. The number of amides is 1. The van der Waals surface area contributed by atoms with Gasteiger partial charge in [0.05, 0.1) is 0 Å². The number of carbonyl (C=O) groups is 1. The number of anilines is 1. The Morgan fingerprint density at radius 3 is 2.64 bits per heavy atom. The third kappa shape index (κ3) is 2.40. The van der Waals surface area contributed by atoms with E-state index in [0.29, 0.717) is 24.7 Å². The smallest absolute Gasteiger partial charge is 0.229 e. The molecule has 2 aliphatic rings. The zero-order valence-electron chi connectivity index (χ0n) is 12.4. The van der Waals surface area contributed by atoms with Gasteiger partial charge < -0.3 is 9.42 Å². The van der Waals surface area contributed by atoms with Crippen molar-refractivity contribution in [1.29, 1.82) is 0 Å². The second kappa shape index (κ2) is 5.55. The molecule has 1 aliphatic carbocycles. The quantitative estimate of drug-likeness (QED) is 0.872. The maximum atomic E-state index is 12.3. The van der Waals surface area contributed by atoms with E-state index >= 15 is 0 Å². The zero-order valence-corrected chi connectivity index (χ0v) is 12.4. The minimum atomic E-state index is 0.0339. The van der Waals surface area contributed by atoms with Crippen molar-refractivity contribution in [2.45, 2.75) is 43.9 Å². The summed E-state index contributed by atoms with van der Waals surface area (Å²) in [6.07, 6.45) is 5.22. The zero-order chi connectivity index (χ0) is 14.9. The molecule has 1 amide bonds. The molecule has 4 rings (SSSR count). The van der Waals surface area contributed by atoms with Gasteiger partial charge in [0.1, 0.15) is 0 Å². The molecule has 1 aromatic carbocycles. The molecule has 114 valence electrons. The number of aromatic nitrogens is 2. The van der Waals surface area contributed by atoms with E-state index in [1.165, 1.54) is 12.8 Å². The normalized spacial score (nSPS) is 22.6. The van der Waals surface area contributed by atoms with Gasteiger partial charge in [-0.15, -0.1) is 0 Å². The molecule has 1 aliphatic heterocycles. The summed E-state index contributed by atoms with van der Waals surface area (Å²) in [6.45, 7) is 0.631. The van der Waals surface area contributed by atoms with E-state index in [2.05, 4.69) is 10.1 Å². The summed E-state index contributed by atoms with van der Waals surface area (Å²) >= 11 is 0. The van der Waals surface area contributed by atoms with Gasteiger partial charge in [-0.05, 0) is 25.0 Å². The molecule has 22 heavy (non-hydrogen) atoms. The van der Waals surface area contributed by atoms with Crippen LogP contribution in [0.5, 0.6) is 0 Å². The molecule has 1 unspecified atom stereocenters. The van der Waals surface area contributed by atoms with Crippen LogP contribution in [0.25, 0.3) is 0 Å². The minimum absolute atomic E-state index is 0.0339. The summed E-state index contributed by atoms with van der Waals surface area (Å²) in [5, 5.41) is 4.14. The molecule has 1 aromatic heterocycles. The Hall–Kier alpha value is -2.17.